The number of rotatable bonds is 6. The lowest BCUT2D eigenvalue weighted by molar-refractivity contribution is -0.0505. The van der Waals surface area contributed by atoms with Gasteiger partial charge in [-0.3, -0.25) is 4.68 Å². The fourth-order valence-electron chi connectivity index (χ4n) is 1.80. The van der Waals surface area contributed by atoms with Gasteiger partial charge in [0.2, 0.25) is 0 Å². The number of ether oxygens (including phenoxy) is 1. The summed E-state index contributed by atoms with van der Waals surface area (Å²) in [6.45, 7) is -1.90. The van der Waals surface area contributed by atoms with E-state index in [0.29, 0.717) is 23.7 Å². The summed E-state index contributed by atoms with van der Waals surface area (Å²) < 4.78 is 30.8. The Kier molecular flexibility index (Phi) is 4.92. The van der Waals surface area contributed by atoms with Crippen molar-refractivity contribution in [1.29, 1.82) is 0 Å². The molecule has 2 rings (SSSR count). The molecule has 7 heteroatoms. The van der Waals surface area contributed by atoms with Gasteiger partial charge in [0, 0.05) is 42.5 Å². The predicted molar refractivity (Wildman–Crippen MR) is 71.8 cm³/mol. The van der Waals surface area contributed by atoms with Gasteiger partial charge in [-0.25, -0.2) is 0 Å². The summed E-state index contributed by atoms with van der Waals surface area (Å²) >= 11 is 5.87. The third-order valence-electron chi connectivity index (χ3n) is 2.64. The summed E-state index contributed by atoms with van der Waals surface area (Å²) in [5, 5.41) is 7.66. The van der Waals surface area contributed by atoms with Crippen molar-refractivity contribution in [3.05, 3.63) is 46.7 Å². The first kappa shape index (κ1) is 14.7. The number of nitrogens with one attached hydrogen (secondary N) is 1. The number of benzene rings is 1. The molecule has 0 radical (unpaired) electrons. The van der Waals surface area contributed by atoms with Crippen molar-refractivity contribution in [3.8, 4) is 5.75 Å². The molecule has 0 saturated carbocycles. The van der Waals surface area contributed by atoms with Gasteiger partial charge in [-0.15, -0.1) is 0 Å². The van der Waals surface area contributed by atoms with Crippen LogP contribution < -0.4 is 10.1 Å². The number of alkyl halides is 2. The molecule has 2 aromatic rings. The van der Waals surface area contributed by atoms with Crippen molar-refractivity contribution in [2.75, 3.05) is 0 Å². The van der Waals surface area contributed by atoms with Gasteiger partial charge >= 0.3 is 6.61 Å². The van der Waals surface area contributed by atoms with Gasteiger partial charge in [-0.1, -0.05) is 11.6 Å². The Labute approximate surface area is 120 Å². The molecule has 0 aliphatic carbocycles. The number of nitrogens with zero attached hydrogens (tertiary/aromatic N) is 2. The van der Waals surface area contributed by atoms with Gasteiger partial charge in [0.25, 0.3) is 0 Å². The second-order valence-electron chi connectivity index (χ2n) is 4.26. The molecule has 0 aliphatic heterocycles. The lowest BCUT2D eigenvalue weighted by atomic mass is 10.2. The Balaban J connectivity index is 1.98. The molecule has 108 valence electrons. The number of hydrogen-bond donors (Lipinski definition) is 1. The van der Waals surface area contributed by atoms with E-state index in [1.54, 1.807) is 16.9 Å². The molecule has 0 atom stereocenters. The minimum Gasteiger partial charge on any atom is -0.434 e. The van der Waals surface area contributed by atoms with Crippen molar-refractivity contribution in [1.82, 2.24) is 15.1 Å². The van der Waals surface area contributed by atoms with Crippen molar-refractivity contribution in [3.63, 3.8) is 0 Å². The Bertz CT molecular complexity index is 574. The number of halogens is 3. The molecule has 1 heterocycles. The largest absolute Gasteiger partial charge is 0.434 e. The number of aromatic nitrogens is 2. The molecule has 4 nitrogen and oxygen atoms in total. The van der Waals surface area contributed by atoms with Gasteiger partial charge in [-0.2, -0.15) is 13.9 Å². The fourth-order valence-corrected chi connectivity index (χ4v) is 2.00. The first-order valence-electron chi connectivity index (χ1n) is 5.96. The highest BCUT2D eigenvalue weighted by atomic mass is 35.5. The van der Waals surface area contributed by atoms with Crippen molar-refractivity contribution >= 4 is 11.6 Å². The smallest absolute Gasteiger partial charge is 0.387 e. The first-order chi connectivity index (χ1) is 9.54. The predicted octanol–water partition coefficient (Wildman–Crippen LogP) is 2.96. The van der Waals surface area contributed by atoms with E-state index < -0.39 is 6.61 Å². The van der Waals surface area contributed by atoms with E-state index in [1.807, 2.05) is 13.2 Å². The molecule has 1 N–H and O–H groups in total. The fraction of sp³-hybridized carbons (Fsp3) is 0.308. The summed E-state index contributed by atoms with van der Waals surface area (Å²) in [5.41, 5.74) is 1.59. The van der Waals surface area contributed by atoms with E-state index >= 15 is 0 Å². The van der Waals surface area contributed by atoms with Crippen LogP contribution in [-0.2, 0) is 20.1 Å². The van der Waals surface area contributed by atoms with E-state index in [4.69, 9.17) is 11.6 Å². The third kappa shape index (κ3) is 4.18. The summed E-state index contributed by atoms with van der Waals surface area (Å²) in [7, 11) is 1.83. The molecular weight excluding hydrogens is 288 g/mol. The summed E-state index contributed by atoms with van der Waals surface area (Å²) in [4.78, 5) is 0. The molecule has 0 saturated heterocycles. The molecule has 1 aromatic heterocycles. The highest BCUT2D eigenvalue weighted by molar-refractivity contribution is 6.30. The van der Waals surface area contributed by atoms with Crippen LogP contribution in [0.5, 0.6) is 5.75 Å². The molecule has 20 heavy (non-hydrogen) atoms. The molecule has 0 fully saturated rings. The molecule has 0 amide bonds. The van der Waals surface area contributed by atoms with Gasteiger partial charge in [0.05, 0.1) is 6.20 Å². The van der Waals surface area contributed by atoms with E-state index in [9.17, 15) is 8.78 Å². The maximum absolute atomic E-state index is 12.3. The number of aryl methyl sites for hydroxylation is 1. The molecule has 0 spiro atoms. The van der Waals surface area contributed by atoms with Crippen molar-refractivity contribution in [2.24, 2.45) is 7.05 Å². The van der Waals surface area contributed by atoms with Crippen LogP contribution in [0.15, 0.2) is 30.6 Å². The van der Waals surface area contributed by atoms with Crippen LogP contribution in [0.4, 0.5) is 8.78 Å². The van der Waals surface area contributed by atoms with Crippen LogP contribution in [0.1, 0.15) is 11.1 Å². The lowest BCUT2D eigenvalue weighted by Crippen LogP contribution is -2.14. The molecule has 0 aliphatic rings. The average Bonchev–Trinajstić information content (AvgIpc) is 2.78. The van der Waals surface area contributed by atoms with Crippen LogP contribution in [0, 0.1) is 0 Å². The second-order valence-corrected chi connectivity index (χ2v) is 4.69. The monoisotopic (exact) mass is 301 g/mol. The van der Waals surface area contributed by atoms with Crippen molar-refractivity contribution in [2.45, 2.75) is 19.7 Å². The maximum Gasteiger partial charge on any atom is 0.387 e. The van der Waals surface area contributed by atoms with E-state index in [-0.39, 0.29) is 5.75 Å². The van der Waals surface area contributed by atoms with Gasteiger partial charge < -0.3 is 10.1 Å². The molecule has 1 aromatic carbocycles. The van der Waals surface area contributed by atoms with Crippen LogP contribution in [0.25, 0.3) is 0 Å². The van der Waals surface area contributed by atoms with E-state index in [0.717, 1.165) is 5.56 Å². The Morgan fingerprint density at radius 2 is 2.20 bits per heavy atom. The zero-order valence-electron chi connectivity index (χ0n) is 10.8. The second kappa shape index (κ2) is 6.67. The van der Waals surface area contributed by atoms with Gasteiger partial charge in [0.1, 0.15) is 5.75 Å². The topological polar surface area (TPSA) is 39.1 Å². The van der Waals surface area contributed by atoms with Crippen LogP contribution in [-0.4, -0.2) is 16.4 Å². The Morgan fingerprint density at radius 1 is 1.40 bits per heavy atom. The first-order valence-corrected chi connectivity index (χ1v) is 6.34. The molecule has 0 unspecified atom stereocenters. The SMILES string of the molecule is Cn1cc(CNCc2cc(Cl)ccc2OC(F)F)cn1. The highest BCUT2D eigenvalue weighted by Crippen LogP contribution is 2.24. The van der Waals surface area contributed by atoms with Crippen molar-refractivity contribution < 1.29 is 13.5 Å². The summed E-state index contributed by atoms with van der Waals surface area (Å²) in [5.74, 6) is 0.128. The Hall–Kier alpha value is -1.66. The maximum atomic E-state index is 12.3. The van der Waals surface area contributed by atoms with Gasteiger partial charge in [-0.05, 0) is 18.2 Å². The zero-order valence-corrected chi connectivity index (χ0v) is 11.6. The number of hydrogen-bond acceptors (Lipinski definition) is 3. The molecule has 0 bridgehead atoms. The average molecular weight is 302 g/mol. The summed E-state index contributed by atoms with van der Waals surface area (Å²) in [6.07, 6.45) is 3.61. The highest BCUT2D eigenvalue weighted by Gasteiger charge is 2.10. The lowest BCUT2D eigenvalue weighted by Gasteiger charge is -2.11. The standard InChI is InChI=1S/C13H14ClF2N3O/c1-19-8-9(6-18-19)5-17-7-10-4-11(14)2-3-12(10)20-13(15)16/h2-4,6,8,13,17H,5,7H2,1H3. The van der Waals surface area contributed by atoms with E-state index in [2.05, 4.69) is 15.2 Å². The summed E-state index contributed by atoms with van der Waals surface area (Å²) in [6, 6.07) is 4.56. The minimum atomic E-state index is -2.85. The normalized spacial score (nSPS) is 11.1. The van der Waals surface area contributed by atoms with Crippen LogP contribution in [0.3, 0.4) is 0 Å². The third-order valence-corrected chi connectivity index (χ3v) is 2.88. The minimum absolute atomic E-state index is 0.128. The quantitative estimate of drug-likeness (QED) is 0.891. The van der Waals surface area contributed by atoms with E-state index in [1.165, 1.54) is 12.1 Å². The van der Waals surface area contributed by atoms with Crippen LogP contribution in [0.2, 0.25) is 5.02 Å². The Morgan fingerprint density at radius 3 is 2.85 bits per heavy atom. The van der Waals surface area contributed by atoms with Crippen LogP contribution >= 0.6 is 11.6 Å². The molecular formula is C13H14ClF2N3O. The zero-order chi connectivity index (χ0) is 14.5. The van der Waals surface area contributed by atoms with Gasteiger partial charge in [0.15, 0.2) is 0 Å².